The van der Waals surface area contributed by atoms with Crippen LogP contribution in [-0.2, 0) is 16.4 Å². The van der Waals surface area contributed by atoms with Crippen molar-refractivity contribution in [1.29, 1.82) is 0 Å². The first kappa shape index (κ1) is 18.3. The van der Waals surface area contributed by atoms with Gasteiger partial charge in [0.1, 0.15) is 0 Å². The molecule has 0 aliphatic heterocycles. The van der Waals surface area contributed by atoms with Crippen LogP contribution in [0, 0.1) is 13.8 Å². The maximum Gasteiger partial charge on any atom is 0.240 e. The highest BCUT2D eigenvalue weighted by molar-refractivity contribution is 7.89. The Morgan fingerprint density at radius 3 is 2.33 bits per heavy atom. The lowest BCUT2D eigenvalue weighted by molar-refractivity contribution is 0.354. The standard InChI is InChI=1S/C18H23NO4S/c1-13-5-6-14(2)18(11-13)24(20,21)19-10-9-15-7-8-16(22-3)17(12-15)23-4/h5-8,11-12,19H,9-10H2,1-4H3. The molecule has 2 aromatic carbocycles. The minimum absolute atomic E-state index is 0.311. The summed E-state index contributed by atoms with van der Waals surface area (Å²) in [6, 6.07) is 11.0. The average molecular weight is 349 g/mol. The predicted octanol–water partition coefficient (Wildman–Crippen LogP) is 2.84. The van der Waals surface area contributed by atoms with Crippen LogP contribution < -0.4 is 14.2 Å². The van der Waals surface area contributed by atoms with Gasteiger partial charge < -0.3 is 9.47 Å². The van der Waals surface area contributed by atoms with E-state index in [2.05, 4.69) is 4.72 Å². The van der Waals surface area contributed by atoms with Gasteiger partial charge in [0.05, 0.1) is 19.1 Å². The van der Waals surface area contributed by atoms with Crippen LogP contribution in [0.15, 0.2) is 41.3 Å². The highest BCUT2D eigenvalue weighted by Crippen LogP contribution is 2.27. The Labute approximate surface area is 143 Å². The zero-order chi connectivity index (χ0) is 17.7. The molecule has 0 aromatic heterocycles. The summed E-state index contributed by atoms with van der Waals surface area (Å²) in [7, 11) is -0.365. The number of hydrogen-bond donors (Lipinski definition) is 1. The maximum absolute atomic E-state index is 12.5. The first-order valence-corrected chi connectivity index (χ1v) is 9.13. The van der Waals surface area contributed by atoms with E-state index in [1.807, 2.05) is 37.3 Å². The normalized spacial score (nSPS) is 11.3. The van der Waals surface area contributed by atoms with Crippen molar-refractivity contribution in [2.45, 2.75) is 25.2 Å². The van der Waals surface area contributed by atoms with Gasteiger partial charge in [0, 0.05) is 6.54 Å². The highest BCUT2D eigenvalue weighted by atomic mass is 32.2. The van der Waals surface area contributed by atoms with E-state index in [9.17, 15) is 8.42 Å². The molecule has 0 bridgehead atoms. The minimum atomic E-state index is -3.52. The molecule has 6 heteroatoms. The summed E-state index contributed by atoms with van der Waals surface area (Å²) in [4.78, 5) is 0.329. The van der Waals surface area contributed by atoms with Crippen LogP contribution in [0.2, 0.25) is 0 Å². The van der Waals surface area contributed by atoms with Crippen molar-refractivity contribution in [3.63, 3.8) is 0 Å². The zero-order valence-corrected chi connectivity index (χ0v) is 15.2. The van der Waals surface area contributed by atoms with Gasteiger partial charge in [0.15, 0.2) is 11.5 Å². The number of sulfonamides is 1. The summed E-state index contributed by atoms with van der Waals surface area (Å²) in [5, 5.41) is 0. The Kier molecular flexibility index (Phi) is 5.85. The number of hydrogen-bond acceptors (Lipinski definition) is 4. The van der Waals surface area contributed by atoms with Crippen LogP contribution in [0.1, 0.15) is 16.7 Å². The van der Waals surface area contributed by atoms with Crippen LogP contribution in [0.25, 0.3) is 0 Å². The third kappa shape index (κ3) is 4.27. The Balaban J connectivity index is 2.07. The van der Waals surface area contributed by atoms with Crippen LogP contribution in [0.3, 0.4) is 0 Å². The van der Waals surface area contributed by atoms with Crippen LogP contribution >= 0.6 is 0 Å². The van der Waals surface area contributed by atoms with Crippen molar-refractivity contribution >= 4 is 10.0 Å². The number of benzene rings is 2. The molecular formula is C18H23NO4S. The molecular weight excluding hydrogens is 326 g/mol. The Morgan fingerprint density at radius 1 is 0.958 bits per heavy atom. The van der Waals surface area contributed by atoms with Crippen molar-refractivity contribution < 1.29 is 17.9 Å². The van der Waals surface area contributed by atoms with Crippen molar-refractivity contribution in [3.05, 3.63) is 53.1 Å². The molecule has 1 N–H and O–H groups in total. The fraction of sp³-hybridized carbons (Fsp3) is 0.333. The monoisotopic (exact) mass is 349 g/mol. The Bertz CT molecular complexity index is 816. The first-order chi connectivity index (χ1) is 11.4. The molecule has 0 fully saturated rings. The molecule has 0 aliphatic carbocycles. The lowest BCUT2D eigenvalue weighted by Gasteiger charge is -2.12. The summed E-state index contributed by atoms with van der Waals surface area (Å²) in [6.45, 7) is 3.98. The van der Waals surface area contributed by atoms with E-state index in [4.69, 9.17) is 9.47 Å². The maximum atomic E-state index is 12.5. The van der Waals surface area contributed by atoms with Crippen LogP contribution in [-0.4, -0.2) is 29.2 Å². The lowest BCUT2D eigenvalue weighted by atomic mass is 10.1. The lowest BCUT2D eigenvalue weighted by Crippen LogP contribution is -2.26. The van der Waals surface area contributed by atoms with Gasteiger partial charge in [-0.25, -0.2) is 13.1 Å². The number of methoxy groups -OCH3 is 2. The van der Waals surface area contributed by atoms with Crippen molar-refractivity contribution in [2.24, 2.45) is 0 Å². The molecule has 5 nitrogen and oxygen atoms in total. The van der Waals surface area contributed by atoms with E-state index >= 15 is 0 Å². The molecule has 0 aliphatic rings. The van der Waals surface area contributed by atoms with E-state index in [0.29, 0.717) is 29.4 Å². The summed E-state index contributed by atoms with van der Waals surface area (Å²) in [5.74, 6) is 1.28. The third-order valence-corrected chi connectivity index (χ3v) is 5.39. The average Bonchev–Trinajstić information content (AvgIpc) is 2.56. The van der Waals surface area contributed by atoms with Crippen molar-refractivity contribution in [3.8, 4) is 11.5 Å². The molecule has 130 valence electrons. The van der Waals surface area contributed by atoms with Crippen LogP contribution in [0.5, 0.6) is 11.5 Å². The minimum Gasteiger partial charge on any atom is -0.493 e. The van der Waals surface area contributed by atoms with Gasteiger partial charge in [-0.3, -0.25) is 0 Å². The number of nitrogens with one attached hydrogen (secondary N) is 1. The van der Waals surface area contributed by atoms with E-state index in [0.717, 1.165) is 16.7 Å². The first-order valence-electron chi connectivity index (χ1n) is 7.65. The van der Waals surface area contributed by atoms with Crippen molar-refractivity contribution in [1.82, 2.24) is 4.72 Å². The highest BCUT2D eigenvalue weighted by Gasteiger charge is 2.16. The topological polar surface area (TPSA) is 64.6 Å². The molecule has 0 saturated carbocycles. The second-order valence-electron chi connectivity index (χ2n) is 5.61. The largest absolute Gasteiger partial charge is 0.493 e. The Hall–Kier alpha value is -2.05. The quantitative estimate of drug-likeness (QED) is 0.835. The fourth-order valence-corrected chi connectivity index (χ4v) is 3.80. The second kappa shape index (κ2) is 7.68. The van der Waals surface area contributed by atoms with E-state index in [-0.39, 0.29) is 0 Å². The van der Waals surface area contributed by atoms with Crippen LogP contribution in [0.4, 0.5) is 0 Å². The smallest absolute Gasteiger partial charge is 0.240 e. The molecule has 0 unspecified atom stereocenters. The van der Waals surface area contributed by atoms with Gasteiger partial charge in [0.25, 0.3) is 0 Å². The molecule has 0 spiro atoms. The third-order valence-electron chi connectivity index (χ3n) is 3.79. The van der Waals surface area contributed by atoms with E-state index in [1.165, 1.54) is 0 Å². The molecule has 24 heavy (non-hydrogen) atoms. The van der Waals surface area contributed by atoms with E-state index in [1.54, 1.807) is 27.2 Å². The molecule has 0 saturated heterocycles. The molecule has 0 atom stereocenters. The summed E-state index contributed by atoms with van der Waals surface area (Å²) >= 11 is 0. The van der Waals surface area contributed by atoms with Gasteiger partial charge in [0.2, 0.25) is 10.0 Å². The van der Waals surface area contributed by atoms with E-state index < -0.39 is 10.0 Å². The second-order valence-corrected chi connectivity index (χ2v) is 7.34. The predicted molar refractivity (Wildman–Crippen MR) is 94.4 cm³/mol. The van der Waals surface area contributed by atoms with Gasteiger partial charge in [-0.1, -0.05) is 18.2 Å². The number of rotatable bonds is 7. The fourth-order valence-electron chi connectivity index (χ4n) is 2.44. The molecule has 0 amide bonds. The summed E-state index contributed by atoms with van der Waals surface area (Å²) < 4.78 is 38.0. The number of ether oxygens (including phenoxy) is 2. The van der Waals surface area contributed by atoms with Crippen molar-refractivity contribution in [2.75, 3.05) is 20.8 Å². The zero-order valence-electron chi connectivity index (χ0n) is 14.4. The summed E-state index contributed by atoms with van der Waals surface area (Å²) in [6.07, 6.45) is 0.560. The van der Waals surface area contributed by atoms with Gasteiger partial charge >= 0.3 is 0 Å². The summed E-state index contributed by atoms with van der Waals surface area (Å²) in [5.41, 5.74) is 2.62. The molecule has 0 heterocycles. The number of aryl methyl sites for hydroxylation is 2. The van der Waals surface area contributed by atoms with Gasteiger partial charge in [-0.05, 0) is 55.2 Å². The van der Waals surface area contributed by atoms with Gasteiger partial charge in [-0.2, -0.15) is 0 Å². The van der Waals surface area contributed by atoms with Gasteiger partial charge in [-0.15, -0.1) is 0 Å². The SMILES string of the molecule is COc1ccc(CCNS(=O)(=O)c2cc(C)ccc2C)cc1OC. The molecule has 0 radical (unpaired) electrons. The Morgan fingerprint density at radius 2 is 1.67 bits per heavy atom. The molecule has 2 aromatic rings. The molecule has 2 rings (SSSR count).